The summed E-state index contributed by atoms with van der Waals surface area (Å²) in [7, 11) is 0. The van der Waals surface area contributed by atoms with Gasteiger partial charge in [0.2, 0.25) is 0 Å². The lowest BCUT2D eigenvalue weighted by molar-refractivity contribution is 0.173. The zero-order chi connectivity index (χ0) is 25.4. The van der Waals surface area contributed by atoms with Crippen LogP contribution in [-0.2, 0) is 13.0 Å². The Morgan fingerprint density at radius 1 is 1.03 bits per heavy atom. The van der Waals surface area contributed by atoms with Gasteiger partial charge >= 0.3 is 6.03 Å². The molecule has 2 aliphatic rings. The number of rotatable bonds is 4. The molecule has 0 spiro atoms. The van der Waals surface area contributed by atoms with Crippen molar-refractivity contribution in [2.45, 2.75) is 64.1 Å². The summed E-state index contributed by atoms with van der Waals surface area (Å²) in [5.74, 6) is 0.618. The maximum absolute atomic E-state index is 14.5. The van der Waals surface area contributed by atoms with E-state index < -0.39 is 6.04 Å². The van der Waals surface area contributed by atoms with Crippen LogP contribution in [0.3, 0.4) is 0 Å². The van der Waals surface area contributed by atoms with Gasteiger partial charge in [-0.1, -0.05) is 56.5 Å². The van der Waals surface area contributed by atoms with E-state index in [1.807, 2.05) is 64.3 Å². The van der Waals surface area contributed by atoms with Crippen LogP contribution in [0.25, 0.3) is 11.5 Å². The molecule has 0 saturated heterocycles. The van der Waals surface area contributed by atoms with E-state index in [2.05, 4.69) is 16.8 Å². The average Bonchev–Trinajstić information content (AvgIpc) is 3.51. The van der Waals surface area contributed by atoms with Crippen molar-refractivity contribution in [3.63, 3.8) is 0 Å². The molecule has 7 heteroatoms. The van der Waals surface area contributed by atoms with E-state index >= 15 is 0 Å². The second-order valence-corrected chi connectivity index (χ2v) is 10.0. The van der Waals surface area contributed by atoms with E-state index in [0.29, 0.717) is 6.54 Å². The second-order valence-electron chi connectivity index (χ2n) is 10.0. The summed E-state index contributed by atoms with van der Waals surface area (Å²) >= 11 is 0. The molecule has 1 atom stereocenters. The normalized spacial score (nSPS) is 17.7. The number of hydrogen-bond donors (Lipinski definition) is 1. The van der Waals surface area contributed by atoms with Crippen molar-refractivity contribution in [1.82, 2.24) is 24.6 Å². The number of benzene rings is 2. The van der Waals surface area contributed by atoms with Crippen LogP contribution >= 0.6 is 0 Å². The average molecular weight is 498 g/mol. The number of hydrogen-bond acceptors (Lipinski definition) is 2. The molecule has 1 unspecified atom stereocenters. The SMILES string of the molecule is CCc1nn(-c2ccccc2)c2c1CN(C(=O)NC1CCCCC1)C(c1cccc(F)c1)c1cccn1-2. The number of nitrogens with zero attached hydrogens (tertiary/aromatic N) is 4. The number of nitrogens with one attached hydrogen (secondary N) is 1. The highest BCUT2D eigenvalue weighted by atomic mass is 19.1. The predicted molar refractivity (Wildman–Crippen MR) is 141 cm³/mol. The van der Waals surface area contributed by atoms with Crippen molar-refractivity contribution in [2.24, 2.45) is 0 Å². The number of urea groups is 1. The van der Waals surface area contributed by atoms with Crippen LogP contribution < -0.4 is 5.32 Å². The van der Waals surface area contributed by atoms with Crippen molar-refractivity contribution >= 4 is 6.03 Å². The number of halogens is 1. The predicted octanol–water partition coefficient (Wildman–Crippen LogP) is 6.31. The van der Waals surface area contributed by atoms with Gasteiger partial charge in [0.05, 0.1) is 29.7 Å². The molecular weight excluding hydrogens is 465 g/mol. The quantitative estimate of drug-likeness (QED) is 0.359. The van der Waals surface area contributed by atoms with Crippen LogP contribution in [0.4, 0.5) is 9.18 Å². The fourth-order valence-electron chi connectivity index (χ4n) is 5.88. The van der Waals surface area contributed by atoms with Gasteiger partial charge in [-0.25, -0.2) is 13.9 Å². The lowest BCUT2D eigenvalue weighted by atomic mass is 9.95. The Bertz CT molecular complexity index is 1400. The van der Waals surface area contributed by atoms with E-state index in [-0.39, 0.29) is 17.9 Å². The van der Waals surface area contributed by atoms with Crippen LogP contribution in [0.2, 0.25) is 0 Å². The lowest BCUT2D eigenvalue weighted by Gasteiger charge is -2.33. The van der Waals surface area contributed by atoms with Crippen LogP contribution in [-0.4, -0.2) is 31.3 Å². The Kier molecular flexibility index (Phi) is 6.28. The van der Waals surface area contributed by atoms with Gasteiger partial charge in [-0.15, -0.1) is 0 Å². The molecule has 1 saturated carbocycles. The molecule has 2 amide bonds. The smallest absolute Gasteiger partial charge is 0.318 e. The van der Waals surface area contributed by atoms with E-state index in [1.165, 1.54) is 12.5 Å². The van der Waals surface area contributed by atoms with Gasteiger partial charge in [0, 0.05) is 17.8 Å². The third kappa shape index (κ3) is 4.32. The monoisotopic (exact) mass is 497 g/mol. The minimum atomic E-state index is -0.448. The first kappa shape index (κ1) is 23.5. The van der Waals surface area contributed by atoms with Gasteiger partial charge in [-0.2, -0.15) is 5.10 Å². The zero-order valence-electron chi connectivity index (χ0n) is 21.1. The molecule has 190 valence electrons. The minimum Gasteiger partial charge on any atom is -0.335 e. The third-order valence-electron chi connectivity index (χ3n) is 7.66. The molecule has 37 heavy (non-hydrogen) atoms. The highest BCUT2D eigenvalue weighted by molar-refractivity contribution is 5.76. The molecule has 2 aromatic carbocycles. The first-order valence-corrected chi connectivity index (χ1v) is 13.3. The Balaban J connectivity index is 1.53. The van der Waals surface area contributed by atoms with Gasteiger partial charge < -0.3 is 14.8 Å². The van der Waals surface area contributed by atoms with Crippen LogP contribution in [0, 0.1) is 5.82 Å². The molecule has 2 aromatic heterocycles. The number of aryl methyl sites for hydroxylation is 1. The molecule has 6 rings (SSSR count). The summed E-state index contributed by atoms with van der Waals surface area (Å²) in [5, 5.41) is 8.32. The summed E-state index contributed by atoms with van der Waals surface area (Å²) < 4.78 is 18.6. The summed E-state index contributed by atoms with van der Waals surface area (Å²) in [6, 6.07) is 20.3. The summed E-state index contributed by atoms with van der Waals surface area (Å²) in [6.45, 7) is 2.47. The van der Waals surface area contributed by atoms with E-state index in [1.54, 1.807) is 12.1 Å². The fourth-order valence-corrected chi connectivity index (χ4v) is 5.88. The third-order valence-corrected chi connectivity index (χ3v) is 7.66. The highest BCUT2D eigenvalue weighted by Gasteiger charge is 2.37. The number of carbonyl (C=O) groups is 1. The molecule has 0 radical (unpaired) electrons. The van der Waals surface area contributed by atoms with Crippen LogP contribution in [0.1, 0.15) is 67.6 Å². The minimum absolute atomic E-state index is 0.115. The first-order chi connectivity index (χ1) is 18.1. The molecule has 4 aromatic rings. The van der Waals surface area contributed by atoms with Gasteiger partial charge in [0.25, 0.3) is 0 Å². The Hall–Kier alpha value is -3.87. The molecule has 1 fully saturated rings. The van der Waals surface area contributed by atoms with E-state index in [0.717, 1.165) is 66.1 Å². The van der Waals surface area contributed by atoms with Crippen molar-refractivity contribution in [3.8, 4) is 11.5 Å². The van der Waals surface area contributed by atoms with Gasteiger partial charge in [0.1, 0.15) is 11.6 Å². The molecule has 1 N–H and O–H groups in total. The van der Waals surface area contributed by atoms with Gasteiger partial charge in [0.15, 0.2) is 0 Å². The van der Waals surface area contributed by atoms with Crippen molar-refractivity contribution in [2.75, 3.05) is 0 Å². The zero-order valence-corrected chi connectivity index (χ0v) is 21.1. The summed E-state index contributed by atoms with van der Waals surface area (Å²) in [6.07, 6.45) is 8.24. The Labute approximate surface area is 216 Å². The maximum Gasteiger partial charge on any atom is 0.318 e. The molecule has 6 nitrogen and oxygen atoms in total. The topological polar surface area (TPSA) is 55.1 Å². The molecule has 1 aliphatic carbocycles. The van der Waals surface area contributed by atoms with E-state index in [9.17, 15) is 9.18 Å². The van der Waals surface area contributed by atoms with Crippen LogP contribution in [0.5, 0.6) is 0 Å². The first-order valence-electron chi connectivity index (χ1n) is 13.3. The number of aromatic nitrogens is 3. The van der Waals surface area contributed by atoms with Gasteiger partial charge in [-0.05, 0) is 61.2 Å². The summed E-state index contributed by atoms with van der Waals surface area (Å²) in [4.78, 5) is 15.9. The maximum atomic E-state index is 14.5. The number of carbonyl (C=O) groups excluding carboxylic acids is 1. The number of para-hydroxylation sites is 1. The largest absolute Gasteiger partial charge is 0.335 e. The molecule has 1 aliphatic heterocycles. The lowest BCUT2D eigenvalue weighted by Crippen LogP contribution is -2.46. The second kappa shape index (κ2) is 9.88. The molecule has 3 heterocycles. The number of fused-ring (bicyclic) bond motifs is 3. The van der Waals surface area contributed by atoms with E-state index in [4.69, 9.17) is 5.10 Å². The Morgan fingerprint density at radius 2 is 1.84 bits per heavy atom. The van der Waals surface area contributed by atoms with Crippen LogP contribution in [0.15, 0.2) is 72.9 Å². The van der Waals surface area contributed by atoms with Crippen molar-refractivity contribution in [1.29, 1.82) is 0 Å². The fraction of sp³-hybridized carbons (Fsp3) is 0.333. The standard InChI is InChI=1S/C30H32FN5O/c1-2-26-25-20-35(30(37)32-23-13-5-3-6-14-23)28(21-11-9-12-22(31)19-21)27-17-10-18-34(27)29(25)36(33-26)24-15-7-4-8-16-24/h4,7-12,15-19,23,28H,2-3,5-6,13-14,20H2,1H3,(H,32,37). The Morgan fingerprint density at radius 3 is 2.59 bits per heavy atom. The molecule has 0 bridgehead atoms. The molecular formula is C30H32FN5O. The van der Waals surface area contributed by atoms with Crippen molar-refractivity contribution in [3.05, 3.63) is 101 Å². The van der Waals surface area contributed by atoms with Crippen molar-refractivity contribution < 1.29 is 9.18 Å². The summed E-state index contributed by atoms with van der Waals surface area (Å²) in [5.41, 5.74) is 4.58. The number of amides is 2. The highest BCUT2D eigenvalue weighted by Crippen LogP contribution is 2.39. The van der Waals surface area contributed by atoms with Gasteiger partial charge in [-0.3, -0.25) is 0 Å².